The van der Waals surface area contributed by atoms with Gasteiger partial charge in [0.15, 0.2) is 5.69 Å². The summed E-state index contributed by atoms with van der Waals surface area (Å²) >= 11 is 0. The minimum absolute atomic E-state index is 0.0577. The van der Waals surface area contributed by atoms with Gasteiger partial charge in [-0.15, -0.1) is 5.10 Å². The second-order valence-corrected chi connectivity index (χ2v) is 6.32. The molecule has 0 N–H and O–H groups in total. The fourth-order valence-corrected chi connectivity index (χ4v) is 2.78. The summed E-state index contributed by atoms with van der Waals surface area (Å²) in [5.74, 6) is -0.510. The predicted molar refractivity (Wildman–Crippen MR) is 106 cm³/mol. The molecule has 3 aromatic rings. The van der Waals surface area contributed by atoms with Crippen LogP contribution in [-0.2, 0) is 16.1 Å². The first-order valence-electron chi connectivity index (χ1n) is 9.00. The molecule has 8 nitrogen and oxygen atoms in total. The van der Waals surface area contributed by atoms with Crippen molar-refractivity contribution in [3.05, 3.63) is 58.7 Å². The summed E-state index contributed by atoms with van der Waals surface area (Å²) in [6.07, 6.45) is 1.52. The molecule has 2 heterocycles. The molecule has 0 aliphatic rings. The lowest BCUT2D eigenvalue weighted by Gasteiger charge is -2.20. The Hall–Kier alpha value is -3.42. The zero-order valence-electron chi connectivity index (χ0n) is 16.1. The molecule has 0 fully saturated rings. The average Bonchev–Trinajstić information content (AvgIpc) is 3.15. The van der Waals surface area contributed by atoms with Crippen LogP contribution in [0.5, 0.6) is 0 Å². The summed E-state index contributed by atoms with van der Waals surface area (Å²) in [6.45, 7) is 10.9. The molecule has 0 aliphatic carbocycles. The van der Waals surface area contributed by atoms with Gasteiger partial charge in [0.25, 0.3) is 0 Å². The van der Waals surface area contributed by atoms with E-state index in [1.54, 1.807) is 13.0 Å². The number of anilines is 1. The zero-order chi connectivity index (χ0) is 20.3. The van der Waals surface area contributed by atoms with Crippen molar-refractivity contribution in [3.63, 3.8) is 0 Å². The maximum atomic E-state index is 12.5. The number of fused-ring (bicyclic) bond motifs is 1. The van der Waals surface area contributed by atoms with Gasteiger partial charge in [0, 0.05) is 35.8 Å². The van der Waals surface area contributed by atoms with Gasteiger partial charge < -0.3 is 14.1 Å². The Balaban J connectivity index is 1.89. The van der Waals surface area contributed by atoms with E-state index >= 15 is 0 Å². The maximum Gasteiger partial charge on any atom is 0.362 e. The van der Waals surface area contributed by atoms with E-state index in [1.807, 2.05) is 18.2 Å². The molecule has 0 atom stereocenters. The van der Waals surface area contributed by atoms with Crippen molar-refractivity contribution in [3.8, 4) is 5.69 Å². The fourth-order valence-electron chi connectivity index (χ4n) is 2.78. The van der Waals surface area contributed by atoms with Gasteiger partial charge in [0.2, 0.25) is 0 Å². The Labute approximate surface area is 162 Å². The van der Waals surface area contributed by atoms with E-state index < -0.39 is 11.6 Å². The molecule has 2 aromatic heterocycles. The average molecular weight is 382 g/mol. The van der Waals surface area contributed by atoms with Gasteiger partial charge in [0.05, 0.1) is 6.20 Å². The van der Waals surface area contributed by atoms with Gasteiger partial charge in [0.1, 0.15) is 17.9 Å². The van der Waals surface area contributed by atoms with Gasteiger partial charge in [-0.25, -0.2) is 14.3 Å². The Morgan fingerprint density at radius 2 is 2.04 bits per heavy atom. The first-order valence-corrected chi connectivity index (χ1v) is 9.00. The van der Waals surface area contributed by atoms with Gasteiger partial charge in [-0.05, 0) is 39.0 Å². The van der Waals surface area contributed by atoms with Crippen LogP contribution < -0.4 is 10.5 Å². The van der Waals surface area contributed by atoms with Gasteiger partial charge in [-0.3, -0.25) is 0 Å². The van der Waals surface area contributed by atoms with Crippen LogP contribution in [0.15, 0.2) is 51.8 Å². The van der Waals surface area contributed by atoms with Crippen molar-refractivity contribution < 1.29 is 13.9 Å². The number of rotatable bonds is 7. The highest BCUT2D eigenvalue weighted by Crippen LogP contribution is 2.22. The molecule has 0 saturated heterocycles. The molecule has 8 heteroatoms. The molecule has 3 rings (SSSR count). The lowest BCUT2D eigenvalue weighted by atomic mass is 10.2. The topological polar surface area (TPSA) is 90.5 Å². The van der Waals surface area contributed by atoms with Crippen molar-refractivity contribution in [2.75, 3.05) is 18.0 Å². The quantitative estimate of drug-likeness (QED) is 0.352. The number of aromatic nitrogens is 3. The van der Waals surface area contributed by atoms with Gasteiger partial charge in [-0.2, -0.15) is 0 Å². The molecular formula is C20H22N4O4. The summed E-state index contributed by atoms with van der Waals surface area (Å²) in [5.41, 5.74) is 1.91. The third-order valence-electron chi connectivity index (χ3n) is 4.32. The standard InChI is InChI=1S/C20H22N4O4/c1-5-23(6-2)16-8-7-14-9-17(20(26)28-18(14)10-16)24-11-15(21-22-24)12-27-19(25)13(3)4/h7-11H,3,5-6,12H2,1-2,4H3. The highest BCUT2D eigenvalue weighted by atomic mass is 16.5. The van der Waals surface area contributed by atoms with E-state index in [0.29, 0.717) is 16.9 Å². The fraction of sp³-hybridized carbons (Fsp3) is 0.300. The summed E-state index contributed by atoms with van der Waals surface area (Å²) in [7, 11) is 0. The largest absolute Gasteiger partial charge is 0.456 e. The van der Waals surface area contributed by atoms with E-state index in [-0.39, 0.29) is 12.3 Å². The molecule has 0 spiro atoms. The summed E-state index contributed by atoms with van der Waals surface area (Å²) < 4.78 is 11.8. The first-order chi connectivity index (χ1) is 13.4. The van der Waals surface area contributed by atoms with Gasteiger partial charge >= 0.3 is 11.6 Å². The second-order valence-electron chi connectivity index (χ2n) is 6.32. The SMILES string of the molecule is C=C(C)C(=O)OCc1cn(-c2cc3ccc(N(CC)CC)cc3oc2=O)nn1. The molecule has 28 heavy (non-hydrogen) atoms. The van der Waals surface area contributed by atoms with E-state index in [2.05, 4.69) is 35.6 Å². The van der Waals surface area contributed by atoms with Crippen molar-refractivity contribution in [1.29, 1.82) is 0 Å². The number of hydrogen-bond acceptors (Lipinski definition) is 7. The number of carbonyl (C=O) groups excluding carboxylic acids is 1. The van der Waals surface area contributed by atoms with E-state index in [4.69, 9.17) is 9.15 Å². The first kappa shape index (κ1) is 19.3. The smallest absolute Gasteiger partial charge is 0.362 e. The van der Waals surface area contributed by atoms with Crippen LogP contribution in [0.1, 0.15) is 26.5 Å². The van der Waals surface area contributed by atoms with Crippen LogP contribution in [0.25, 0.3) is 16.7 Å². The molecule has 0 radical (unpaired) electrons. The highest BCUT2D eigenvalue weighted by molar-refractivity contribution is 5.86. The summed E-state index contributed by atoms with van der Waals surface area (Å²) in [5, 5.41) is 8.63. The van der Waals surface area contributed by atoms with E-state index in [0.717, 1.165) is 24.2 Å². The summed E-state index contributed by atoms with van der Waals surface area (Å²) in [6, 6.07) is 7.45. The van der Waals surface area contributed by atoms with Crippen LogP contribution in [-0.4, -0.2) is 34.1 Å². The number of hydrogen-bond donors (Lipinski definition) is 0. The maximum absolute atomic E-state index is 12.5. The molecular weight excluding hydrogens is 360 g/mol. The highest BCUT2D eigenvalue weighted by Gasteiger charge is 2.13. The number of esters is 1. The molecule has 0 aliphatic heterocycles. The zero-order valence-corrected chi connectivity index (χ0v) is 16.1. The Morgan fingerprint density at radius 3 is 2.71 bits per heavy atom. The molecule has 0 unspecified atom stereocenters. The summed E-state index contributed by atoms with van der Waals surface area (Å²) in [4.78, 5) is 26.1. The van der Waals surface area contributed by atoms with Crippen LogP contribution >= 0.6 is 0 Å². The molecule has 1 aromatic carbocycles. The normalized spacial score (nSPS) is 10.8. The predicted octanol–water partition coefficient (Wildman–Crippen LogP) is 2.84. The van der Waals surface area contributed by atoms with Crippen LogP contribution in [0, 0.1) is 0 Å². The number of carbonyl (C=O) groups is 1. The Bertz CT molecular complexity index is 1080. The monoisotopic (exact) mass is 382 g/mol. The van der Waals surface area contributed by atoms with Crippen LogP contribution in [0.3, 0.4) is 0 Å². The minimum Gasteiger partial charge on any atom is -0.456 e. The molecule has 0 bridgehead atoms. The lowest BCUT2D eigenvalue weighted by molar-refractivity contribution is -0.140. The minimum atomic E-state index is -0.528. The van der Waals surface area contributed by atoms with Gasteiger partial charge in [-0.1, -0.05) is 11.8 Å². The van der Waals surface area contributed by atoms with Crippen LogP contribution in [0.4, 0.5) is 5.69 Å². The van der Waals surface area contributed by atoms with Crippen LogP contribution in [0.2, 0.25) is 0 Å². The number of nitrogens with zero attached hydrogens (tertiary/aromatic N) is 4. The molecule has 146 valence electrons. The van der Waals surface area contributed by atoms with E-state index in [1.165, 1.54) is 10.9 Å². The Morgan fingerprint density at radius 1 is 1.29 bits per heavy atom. The van der Waals surface area contributed by atoms with E-state index in [9.17, 15) is 9.59 Å². The van der Waals surface area contributed by atoms with Crippen molar-refractivity contribution in [2.24, 2.45) is 0 Å². The Kier molecular flexibility index (Phi) is 5.58. The van der Waals surface area contributed by atoms with Crippen molar-refractivity contribution >= 4 is 22.6 Å². The van der Waals surface area contributed by atoms with Crippen molar-refractivity contribution in [2.45, 2.75) is 27.4 Å². The van der Waals surface area contributed by atoms with Crippen molar-refractivity contribution in [1.82, 2.24) is 15.0 Å². The third kappa shape index (κ3) is 3.95. The molecule has 0 saturated carbocycles. The number of benzene rings is 1. The lowest BCUT2D eigenvalue weighted by Crippen LogP contribution is -2.21. The number of ether oxygens (including phenoxy) is 1. The molecule has 0 amide bonds. The second kappa shape index (κ2) is 8.08. The third-order valence-corrected chi connectivity index (χ3v) is 4.32.